The highest BCUT2D eigenvalue weighted by molar-refractivity contribution is 7.49. The van der Waals surface area contributed by atoms with Gasteiger partial charge in [-0.1, -0.05) is 34.9 Å². The summed E-state index contributed by atoms with van der Waals surface area (Å²) in [7, 11) is 3.29. The van der Waals surface area contributed by atoms with Crippen LogP contribution >= 0.6 is 9.12 Å². The molecule has 0 bridgehead atoms. The van der Waals surface area contributed by atoms with E-state index in [1.54, 1.807) is 0 Å². The maximum Gasteiger partial charge on any atom is 0.116 e. The highest BCUT2D eigenvalue weighted by atomic mass is 31.0. The first-order valence-corrected chi connectivity index (χ1v) is 9.57. The summed E-state index contributed by atoms with van der Waals surface area (Å²) in [5.74, 6) is 0. The van der Waals surface area contributed by atoms with Crippen LogP contribution in [0.15, 0.2) is 34.9 Å². The Morgan fingerprint density at radius 2 is 1.64 bits per heavy atom. The summed E-state index contributed by atoms with van der Waals surface area (Å²) in [4.78, 5) is 0. The molecule has 3 nitrogen and oxygen atoms in total. The van der Waals surface area contributed by atoms with Gasteiger partial charge in [0.15, 0.2) is 0 Å². The smallest absolute Gasteiger partial charge is 0.116 e. The topological polar surface area (TPSA) is 53.0 Å². The predicted molar refractivity (Wildman–Crippen MR) is 115 cm³/mol. The Hall–Kier alpha value is -0.405. The van der Waals surface area contributed by atoms with E-state index in [2.05, 4.69) is 62.8 Å². The van der Waals surface area contributed by atoms with Crippen molar-refractivity contribution >= 4 is 16.6 Å². The van der Waals surface area contributed by atoms with Crippen LogP contribution in [0.1, 0.15) is 67.2 Å². The van der Waals surface area contributed by atoms with Crippen molar-refractivity contribution in [3.63, 3.8) is 0 Å². The van der Waals surface area contributed by atoms with Gasteiger partial charge in [-0.15, -0.1) is 0 Å². The molecule has 145 valence electrons. The van der Waals surface area contributed by atoms with Crippen molar-refractivity contribution in [2.45, 2.75) is 78.9 Å². The number of epoxide rings is 1. The van der Waals surface area contributed by atoms with E-state index in [1.165, 1.54) is 24.2 Å². The van der Waals surface area contributed by atoms with Crippen LogP contribution in [0.4, 0.5) is 0 Å². The van der Waals surface area contributed by atoms with Crippen LogP contribution in [-0.4, -0.2) is 44.0 Å². The predicted octanol–water partition coefficient (Wildman–Crippen LogP) is 4.23. The minimum atomic E-state index is -0.0410. The number of hydrogen-bond donors (Lipinski definition) is 2. The summed E-state index contributed by atoms with van der Waals surface area (Å²) in [6, 6.07) is 0. The zero-order valence-corrected chi connectivity index (χ0v) is 18.2. The number of rotatable bonds is 8. The molecule has 1 radical (unpaired) electrons. The standard InChI is InChI=1S/C10H18O2.C10H18O.BH3P/c1-8(2)5-4-6-10(3)9(7-11)12-10;1-9(2)5-4-6-10(3)7-8-11;1-2/h5,9,11H,4,6-7H2,1-3H3;5,7,11H,4,6,8H2,1-3H3;1H,2H2/b;10-7+;/i;;1T. The molecule has 1 saturated heterocycles. The molecule has 0 aromatic carbocycles. The van der Waals surface area contributed by atoms with Crippen molar-refractivity contribution in [1.29, 1.82) is 1.34 Å². The summed E-state index contributed by atoms with van der Waals surface area (Å²) >= 11 is 0. The van der Waals surface area contributed by atoms with E-state index in [4.69, 9.17) is 16.3 Å². The lowest BCUT2D eigenvalue weighted by atomic mass is 10.0. The van der Waals surface area contributed by atoms with Gasteiger partial charge < -0.3 is 14.9 Å². The third-order valence-electron chi connectivity index (χ3n) is 3.93. The van der Waals surface area contributed by atoms with Gasteiger partial charge in [0.05, 0.1) is 18.8 Å². The summed E-state index contributed by atoms with van der Waals surface area (Å²) in [5, 5.41) is 17.4. The van der Waals surface area contributed by atoms with E-state index in [9.17, 15) is 0 Å². The lowest BCUT2D eigenvalue weighted by Crippen LogP contribution is -2.11. The van der Waals surface area contributed by atoms with E-state index in [-0.39, 0.29) is 24.9 Å². The zero-order chi connectivity index (χ0) is 20.6. The fourth-order valence-corrected chi connectivity index (χ4v) is 2.24. The third-order valence-corrected chi connectivity index (χ3v) is 3.93. The maximum atomic E-state index is 8.81. The number of hydrogen-bond acceptors (Lipinski definition) is 3. The molecular weight excluding hydrogens is 330 g/mol. The highest BCUT2D eigenvalue weighted by Gasteiger charge is 2.50. The van der Waals surface area contributed by atoms with Gasteiger partial charge >= 0.3 is 0 Å². The molecule has 2 N–H and O–H groups in total. The molecular formula is C20H39BO3P. The van der Waals surface area contributed by atoms with Crippen LogP contribution in [0.3, 0.4) is 0 Å². The quantitative estimate of drug-likeness (QED) is 0.291. The van der Waals surface area contributed by atoms with Crippen molar-refractivity contribution in [2.75, 3.05) is 13.2 Å². The minimum absolute atomic E-state index is 0.0410. The van der Waals surface area contributed by atoms with Crippen molar-refractivity contribution in [1.82, 2.24) is 0 Å². The average Bonchev–Trinajstić information content (AvgIpc) is 3.19. The van der Waals surface area contributed by atoms with Gasteiger partial charge in [-0.2, -0.15) is 9.12 Å². The number of allylic oxidation sites excluding steroid dienone is 5. The average molecular weight is 371 g/mol. The van der Waals surface area contributed by atoms with Gasteiger partial charge in [0.25, 0.3) is 0 Å². The Kier molecular flexibility index (Phi) is 15.6. The van der Waals surface area contributed by atoms with Crippen molar-refractivity contribution in [3.8, 4) is 0 Å². The molecule has 3 atom stereocenters. The fraction of sp³-hybridized carbons (Fsp3) is 0.700. The first-order chi connectivity index (χ1) is 12.2. The maximum absolute atomic E-state index is 8.81. The van der Waals surface area contributed by atoms with Gasteiger partial charge in [0.1, 0.15) is 13.6 Å². The molecule has 3 unspecified atom stereocenters. The summed E-state index contributed by atoms with van der Waals surface area (Å²) < 4.78 is 11.4. The molecule has 5 heteroatoms. The third kappa shape index (κ3) is 15.6. The van der Waals surface area contributed by atoms with Gasteiger partial charge in [-0.05, 0) is 68.6 Å². The molecule has 1 rings (SSSR count). The molecule has 1 fully saturated rings. The van der Waals surface area contributed by atoms with Gasteiger partial charge in [-0.25, -0.2) is 0 Å². The summed E-state index contributed by atoms with van der Waals surface area (Å²) in [6.07, 6.45) is 10.6. The number of aliphatic hydroxyl groups is 2. The number of aliphatic hydroxyl groups excluding tert-OH is 2. The Labute approximate surface area is 160 Å². The van der Waals surface area contributed by atoms with Crippen LogP contribution in [-0.2, 0) is 4.74 Å². The number of ether oxygens (including phenoxy) is 1. The van der Waals surface area contributed by atoms with Crippen molar-refractivity contribution in [3.05, 3.63) is 34.9 Å². The second kappa shape index (κ2) is 15.8. The molecule has 1 aliphatic heterocycles. The molecule has 0 aromatic rings. The lowest BCUT2D eigenvalue weighted by Gasteiger charge is -2.02. The van der Waals surface area contributed by atoms with Crippen LogP contribution in [0, 0.1) is 0 Å². The normalized spacial score (nSPS) is 21.6. The Balaban J connectivity index is 0. The van der Waals surface area contributed by atoms with E-state index in [0.29, 0.717) is 0 Å². The van der Waals surface area contributed by atoms with Crippen LogP contribution < -0.4 is 0 Å². The van der Waals surface area contributed by atoms with E-state index in [1.807, 2.05) is 6.08 Å². The van der Waals surface area contributed by atoms with E-state index >= 15 is 0 Å². The molecule has 1 aliphatic rings. The largest absolute Gasteiger partial charge is 0.394 e. The van der Waals surface area contributed by atoms with Crippen molar-refractivity contribution in [2.24, 2.45) is 0 Å². The molecule has 0 saturated carbocycles. The molecule has 0 spiro atoms. The molecule has 0 aliphatic carbocycles. The lowest BCUT2D eigenvalue weighted by molar-refractivity contribution is 0.235. The second-order valence-electron chi connectivity index (χ2n) is 6.98. The first-order valence-electron chi connectivity index (χ1n) is 9.48. The van der Waals surface area contributed by atoms with Crippen LogP contribution in [0.25, 0.3) is 0 Å². The summed E-state index contributed by atoms with van der Waals surface area (Å²) in [5.41, 5.74) is 3.94. The second-order valence-corrected chi connectivity index (χ2v) is 6.98. The SMILES string of the molecule is CC(C)=CCC/C(C)=C/CO.CC(C)=CCCC1(C)OC1CO.[3H][B]P. The zero-order valence-electron chi connectivity index (χ0n) is 18.0. The minimum Gasteiger partial charge on any atom is -0.394 e. The van der Waals surface area contributed by atoms with Gasteiger partial charge in [0.2, 0.25) is 0 Å². The van der Waals surface area contributed by atoms with E-state index < -0.39 is 0 Å². The first kappa shape index (κ1) is 24.6. The molecule has 25 heavy (non-hydrogen) atoms. The van der Waals surface area contributed by atoms with Crippen LogP contribution in [0.2, 0.25) is 0 Å². The molecule has 0 aromatic heterocycles. The highest BCUT2D eigenvalue weighted by Crippen LogP contribution is 2.39. The molecule has 1 heterocycles. The van der Waals surface area contributed by atoms with Crippen molar-refractivity contribution < 1.29 is 14.9 Å². The van der Waals surface area contributed by atoms with Gasteiger partial charge in [0, 0.05) is 0 Å². The Bertz CT molecular complexity index is 444. The molecule has 0 amide bonds. The van der Waals surface area contributed by atoms with Crippen LogP contribution in [0.5, 0.6) is 0 Å². The Morgan fingerprint density at radius 3 is 2.04 bits per heavy atom. The monoisotopic (exact) mass is 371 g/mol. The van der Waals surface area contributed by atoms with E-state index in [0.717, 1.165) is 25.7 Å². The fourth-order valence-electron chi connectivity index (χ4n) is 2.24. The van der Waals surface area contributed by atoms with Gasteiger partial charge in [-0.3, -0.25) is 0 Å². The Morgan fingerprint density at radius 1 is 1.12 bits per heavy atom. The summed E-state index contributed by atoms with van der Waals surface area (Å²) in [6.45, 7) is 12.8.